The molecule has 1 fully saturated rings. The molecule has 0 radical (unpaired) electrons. The summed E-state index contributed by atoms with van der Waals surface area (Å²) in [6.07, 6.45) is 6.23. The number of benzene rings is 1. The maximum Gasteiger partial charge on any atom is 0.258 e. The van der Waals surface area contributed by atoms with Gasteiger partial charge >= 0.3 is 0 Å². The maximum atomic E-state index is 13.2. The molecule has 1 atom stereocenters. The minimum Gasteiger partial charge on any atom is -0.377 e. The SMILES string of the molecule is Cc1cc(-c2cc(N3CCOC[C@H]3C)nc(Nc3ccn[nH]3)c2C=N)cc(C)c1N(C)C(=O)c1ccncc1. The number of rotatable bonds is 7. The fourth-order valence-electron chi connectivity index (χ4n) is 5.12. The number of morpholine rings is 1. The molecule has 3 aromatic heterocycles. The summed E-state index contributed by atoms with van der Waals surface area (Å²) in [5.74, 6) is 1.94. The number of hydrogen-bond donors (Lipinski definition) is 3. The van der Waals surface area contributed by atoms with Crippen LogP contribution in [0.5, 0.6) is 0 Å². The van der Waals surface area contributed by atoms with Gasteiger partial charge in [0.2, 0.25) is 0 Å². The third kappa shape index (κ3) is 5.23. The molecule has 5 rings (SSSR count). The first-order valence-electron chi connectivity index (χ1n) is 12.8. The Morgan fingerprint density at radius 1 is 1.18 bits per heavy atom. The highest BCUT2D eigenvalue weighted by molar-refractivity contribution is 6.07. The van der Waals surface area contributed by atoms with Crippen molar-refractivity contribution in [1.29, 1.82) is 5.41 Å². The summed E-state index contributed by atoms with van der Waals surface area (Å²) in [5, 5.41) is 18.6. The minimum absolute atomic E-state index is 0.102. The lowest BCUT2D eigenvalue weighted by atomic mass is 9.95. The van der Waals surface area contributed by atoms with E-state index in [1.807, 2.05) is 26.0 Å². The molecule has 1 aliphatic rings. The van der Waals surface area contributed by atoms with Crippen molar-refractivity contribution >= 4 is 35.3 Å². The van der Waals surface area contributed by atoms with Gasteiger partial charge in [0.25, 0.3) is 5.91 Å². The van der Waals surface area contributed by atoms with E-state index < -0.39 is 0 Å². The summed E-state index contributed by atoms with van der Waals surface area (Å²) in [5.41, 5.74) is 5.80. The van der Waals surface area contributed by atoms with E-state index in [4.69, 9.17) is 15.1 Å². The van der Waals surface area contributed by atoms with Crippen molar-refractivity contribution < 1.29 is 9.53 Å². The number of hydrogen-bond acceptors (Lipinski definition) is 8. The van der Waals surface area contributed by atoms with Gasteiger partial charge in [-0.1, -0.05) is 0 Å². The van der Waals surface area contributed by atoms with Crippen LogP contribution in [-0.4, -0.2) is 65.1 Å². The Morgan fingerprint density at radius 2 is 1.92 bits per heavy atom. The molecule has 1 saturated heterocycles. The van der Waals surface area contributed by atoms with Crippen LogP contribution >= 0.6 is 0 Å². The van der Waals surface area contributed by atoms with Crippen LogP contribution < -0.4 is 15.1 Å². The molecular formula is C29H32N8O2. The summed E-state index contributed by atoms with van der Waals surface area (Å²) < 4.78 is 5.66. The average molecular weight is 525 g/mol. The highest BCUT2D eigenvalue weighted by atomic mass is 16.5. The Kier molecular flexibility index (Phi) is 7.38. The van der Waals surface area contributed by atoms with Crippen molar-refractivity contribution in [3.05, 3.63) is 77.2 Å². The molecule has 4 aromatic rings. The summed E-state index contributed by atoms with van der Waals surface area (Å²) >= 11 is 0. The number of aromatic amines is 1. The van der Waals surface area contributed by atoms with Gasteiger partial charge in [0.15, 0.2) is 0 Å². The highest BCUT2D eigenvalue weighted by Crippen LogP contribution is 2.37. The van der Waals surface area contributed by atoms with Crippen LogP contribution in [0.2, 0.25) is 0 Å². The first kappa shape index (κ1) is 26.1. The number of ether oxygens (including phenoxy) is 1. The van der Waals surface area contributed by atoms with Crippen molar-refractivity contribution in [2.45, 2.75) is 26.8 Å². The molecule has 0 spiro atoms. The van der Waals surface area contributed by atoms with E-state index in [0.717, 1.165) is 40.3 Å². The van der Waals surface area contributed by atoms with Gasteiger partial charge in [0.05, 0.1) is 25.5 Å². The van der Waals surface area contributed by atoms with Crippen LogP contribution in [0.1, 0.15) is 34.0 Å². The Morgan fingerprint density at radius 3 is 2.56 bits per heavy atom. The fraction of sp³-hybridized carbons (Fsp3) is 0.276. The molecule has 0 unspecified atom stereocenters. The molecule has 10 heteroatoms. The van der Waals surface area contributed by atoms with Gasteiger partial charge in [0.1, 0.15) is 17.5 Å². The third-order valence-electron chi connectivity index (χ3n) is 6.97. The zero-order valence-electron chi connectivity index (χ0n) is 22.5. The predicted molar refractivity (Wildman–Crippen MR) is 154 cm³/mol. The van der Waals surface area contributed by atoms with Gasteiger partial charge in [-0.15, -0.1) is 0 Å². The number of aryl methyl sites for hydroxylation is 2. The highest BCUT2D eigenvalue weighted by Gasteiger charge is 2.24. The molecule has 1 aromatic carbocycles. The number of carbonyl (C=O) groups excluding carboxylic acids is 1. The van der Waals surface area contributed by atoms with E-state index in [9.17, 15) is 4.79 Å². The summed E-state index contributed by atoms with van der Waals surface area (Å²) in [7, 11) is 1.79. The normalized spacial score (nSPS) is 15.2. The Bertz CT molecular complexity index is 1460. The Labute approximate surface area is 227 Å². The molecule has 4 heterocycles. The number of nitrogens with zero attached hydrogens (tertiary/aromatic N) is 5. The molecule has 10 nitrogen and oxygen atoms in total. The molecular weight excluding hydrogens is 492 g/mol. The Hall–Kier alpha value is -4.57. The van der Waals surface area contributed by atoms with Crippen molar-refractivity contribution in [3.63, 3.8) is 0 Å². The number of aromatic nitrogens is 4. The zero-order chi connectivity index (χ0) is 27.5. The third-order valence-corrected chi connectivity index (χ3v) is 6.97. The van der Waals surface area contributed by atoms with Gasteiger partial charge < -0.3 is 25.3 Å². The van der Waals surface area contributed by atoms with Crippen LogP contribution in [0.4, 0.5) is 23.1 Å². The van der Waals surface area contributed by atoms with E-state index in [-0.39, 0.29) is 11.9 Å². The standard InChI is InChI=1S/C29H32N8O2/c1-18-13-22(14-19(2)27(18)36(4)29(38)21-5-8-31-9-6-21)23-15-26(37-11-12-39-17-20(37)3)34-28(24(23)16-30)33-25-7-10-32-35-25/h5-10,13-16,20,30H,11-12,17H2,1-4H3,(H2,32,33,34,35)/t20-/m1/s1. The van der Waals surface area contributed by atoms with Crippen LogP contribution in [0.3, 0.4) is 0 Å². The average Bonchev–Trinajstić information content (AvgIpc) is 3.45. The van der Waals surface area contributed by atoms with Crippen LogP contribution in [0.15, 0.2) is 55.0 Å². The summed E-state index contributed by atoms with van der Waals surface area (Å²) in [6, 6.07) is 11.6. The van der Waals surface area contributed by atoms with E-state index in [0.29, 0.717) is 36.0 Å². The first-order chi connectivity index (χ1) is 18.9. The largest absolute Gasteiger partial charge is 0.377 e. The van der Waals surface area contributed by atoms with Crippen molar-refractivity contribution in [1.82, 2.24) is 20.2 Å². The monoisotopic (exact) mass is 524 g/mol. The second kappa shape index (κ2) is 11.0. The molecule has 0 bridgehead atoms. The number of nitrogens with one attached hydrogen (secondary N) is 3. The van der Waals surface area contributed by atoms with Crippen LogP contribution in [0.25, 0.3) is 11.1 Å². The lowest BCUT2D eigenvalue weighted by Gasteiger charge is -2.35. The molecule has 1 amide bonds. The first-order valence-corrected chi connectivity index (χ1v) is 12.8. The number of carbonyl (C=O) groups is 1. The summed E-state index contributed by atoms with van der Waals surface area (Å²) in [4.78, 5) is 26.0. The number of anilines is 4. The van der Waals surface area contributed by atoms with E-state index in [2.05, 4.69) is 44.5 Å². The lowest BCUT2D eigenvalue weighted by molar-refractivity contribution is 0.0985. The summed E-state index contributed by atoms with van der Waals surface area (Å²) in [6.45, 7) is 8.09. The second-order valence-corrected chi connectivity index (χ2v) is 9.71. The molecule has 1 aliphatic heterocycles. The van der Waals surface area contributed by atoms with E-state index >= 15 is 0 Å². The molecule has 0 saturated carbocycles. The molecule has 39 heavy (non-hydrogen) atoms. The zero-order valence-corrected chi connectivity index (χ0v) is 22.5. The van der Waals surface area contributed by atoms with Gasteiger partial charge in [-0.2, -0.15) is 5.10 Å². The minimum atomic E-state index is -0.102. The second-order valence-electron chi connectivity index (χ2n) is 9.71. The van der Waals surface area contributed by atoms with Crippen molar-refractivity contribution in [2.75, 3.05) is 41.9 Å². The van der Waals surface area contributed by atoms with Crippen LogP contribution in [-0.2, 0) is 4.74 Å². The predicted octanol–water partition coefficient (Wildman–Crippen LogP) is 4.73. The lowest BCUT2D eigenvalue weighted by Crippen LogP contribution is -2.44. The van der Waals surface area contributed by atoms with Gasteiger partial charge in [-0.05, 0) is 73.4 Å². The van der Waals surface area contributed by atoms with Gasteiger partial charge in [-0.3, -0.25) is 14.9 Å². The maximum absolute atomic E-state index is 13.2. The number of amides is 1. The van der Waals surface area contributed by atoms with Crippen molar-refractivity contribution in [3.8, 4) is 11.1 Å². The number of pyridine rings is 2. The smallest absolute Gasteiger partial charge is 0.258 e. The van der Waals surface area contributed by atoms with Crippen LogP contribution in [0, 0.1) is 19.3 Å². The molecule has 3 N–H and O–H groups in total. The molecule has 200 valence electrons. The van der Waals surface area contributed by atoms with E-state index in [1.54, 1.807) is 42.7 Å². The van der Waals surface area contributed by atoms with Crippen molar-refractivity contribution in [2.24, 2.45) is 0 Å². The van der Waals surface area contributed by atoms with E-state index in [1.165, 1.54) is 6.21 Å². The number of H-pyrrole nitrogens is 1. The van der Waals surface area contributed by atoms with Gasteiger partial charge in [0, 0.05) is 55.1 Å². The Balaban J connectivity index is 1.60. The van der Waals surface area contributed by atoms with Gasteiger partial charge in [-0.25, -0.2) is 4.98 Å². The quantitative estimate of drug-likeness (QED) is 0.299. The molecule has 0 aliphatic carbocycles. The topological polar surface area (TPSA) is 123 Å². The fourth-order valence-corrected chi connectivity index (χ4v) is 5.12.